The summed E-state index contributed by atoms with van der Waals surface area (Å²) in [6, 6.07) is 32.4. The van der Waals surface area contributed by atoms with Crippen LogP contribution >= 0.6 is 6.98 Å². The minimum absolute atomic E-state index is 0.0589. The number of rotatable bonds is 14. The number of ether oxygens (including phenoxy) is 1. The van der Waals surface area contributed by atoms with Gasteiger partial charge >= 0.3 is 286 Å². The molecule has 1 saturated heterocycles. The predicted octanol–water partition coefficient (Wildman–Crippen LogP) is 4.37. The molecule has 0 aromatic heterocycles. The monoisotopic (exact) mass is 681 g/mol. The molecule has 10 heteroatoms. The number of aliphatic hydroxyl groups excluding tert-OH is 2. The van der Waals surface area contributed by atoms with Crippen molar-refractivity contribution in [3.63, 3.8) is 0 Å². The molecule has 0 saturated carbocycles. The molecular weight excluding hydrogens is 641 g/mol. The first-order chi connectivity index (χ1) is 23.6. The van der Waals surface area contributed by atoms with Crippen LogP contribution in [0.15, 0.2) is 128 Å². The van der Waals surface area contributed by atoms with E-state index in [1.807, 2.05) is 0 Å². The SMILES string of the molecule is C=CCC(OC(C)=O)C(=O)OP(c1ccccc1)(c1ccccc1)(c1ccccc1)N1C(=O)[C@H]([C@@H](C)O)[C@H]1CC(=O)c1cccc(CO)c1. The zero-order chi connectivity index (χ0) is 35.2. The van der Waals surface area contributed by atoms with Gasteiger partial charge in [0.05, 0.1) is 0 Å². The second-order valence-electron chi connectivity index (χ2n) is 12.0. The summed E-state index contributed by atoms with van der Waals surface area (Å²) in [6.45, 7) is 1.12. The molecule has 49 heavy (non-hydrogen) atoms. The van der Waals surface area contributed by atoms with Crippen molar-refractivity contribution in [3.05, 3.63) is 139 Å². The molecule has 1 aliphatic heterocycles. The Balaban J connectivity index is 1.87. The van der Waals surface area contributed by atoms with Crippen LogP contribution < -0.4 is 15.9 Å². The van der Waals surface area contributed by atoms with Crippen molar-refractivity contribution in [2.45, 2.75) is 51.5 Å². The van der Waals surface area contributed by atoms with Gasteiger partial charge in [-0.05, 0) is 0 Å². The maximum absolute atomic E-state index is 14.8. The molecule has 1 aliphatic rings. The van der Waals surface area contributed by atoms with Crippen molar-refractivity contribution in [2.75, 3.05) is 0 Å². The molecule has 4 aromatic carbocycles. The van der Waals surface area contributed by atoms with E-state index in [1.165, 1.54) is 24.6 Å². The number of nitrogens with zero attached hydrogens (tertiary/aromatic N) is 1. The van der Waals surface area contributed by atoms with Crippen molar-refractivity contribution >= 4 is 46.5 Å². The van der Waals surface area contributed by atoms with Crippen molar-refractivity contribution in [1.82, 2.24) is 4.67 Å². The van der Waals surface area contributed by atoms with E-state index in [2.05, 4.69) is 6.58 Å². The zero-order valence-electron chi connectivity index (χ0n) is 27.4. The van der Waals surface area contributed by atoms with Crippen LogP contribution in [0.3, 0.4) is 0 Å². The molecule has 0 radical (unpaired) electrons. The topological polar surface area (TPSA) is 130 Å². The number of Topliss-reactive ketones (excluding diaryl/α,β-unsaturated/α-hetero) is 1. The Morgan fingerprint density at radius 2 is 1.41 bits per heavy atom. The van der Waals surface area contributed by atoms with Crippen LogP contribution in [0.5, 0.6) is 0 Å². The van der Waals surface area contributed by atoms with Gasteiger partial charge in [-0.15, -0.1) is 0 Å². The average Bonchev–Trinajstić information content (AvgIpc) is 3.11. The van der Waals surface area contributed by atoms with Crippen LogP contribution in [0, 0.1) is 5.92 Å². The fourth-order valence-electron chi connectivity index (χ4n) is 6.83. The minimum atomic E-state index is -5.04. The van der Waals surface area contributed by atoms with Crippen molar-refractivity contribution in [2.24, 2.45) is 5.92 Å². The van der Waals surface area contributed by atoms with Crippen LogP contribution in [0.2, 0.25) is 0 Å². The van der Waals surface area contributed by atoms with E-state index < -0.39 is 49.0 Å². The molecular formula is C39H40NO8P. The third-order valence-corrected chi connectivity index (χ3v) is 14.5. The summed E-state index contributed by atoms with van der Waals surface area (Å²) in [5.41, 5.74) is 0.872. The molecule has 1 heterocycles. The van der Waals surface area contributed by atoms with Crippen LogP contribution in [0.25, 0.3) is 0 Å². The number of aliphatic hydroxyl groups is 2. The van der Waals surface area contributed by atoms with Gasteiger partial charge in [-0.2, -0.15) is 0 Å². The van der Waals surface area contributed by atoms with Crippen molar-refractivity contribution < 1.29 is 38.7 Å². The molecule has 254 valence electrons. The number of carbonyl (C=O) groups is 4. The van der Waals surface area contributed by atoms with E-state index in [0.29, 0.717) is 27.0 Å². The number of hydrogen-bond acceptors (Lipinski definition) is 8. The summed E-state index contributed by atoms with van der Waals surface area (Å²) >= 11 is 0. The molecule has 4 aromatic rings. The predicted molar refractivity (Wildman–Crippen MR) is 189 cm³/mol. The van der Waals surface area contributed by atoms with E-state index in [0.717, 1.165) is 0 Å². The molecule has 1 unspecified atom stereocenters. The zero-order valence-corrected chi connectivity index (χ0v) is 28.3. The summed E-state index contributed by atoms with van der Waals surface area (Å²) < 4.78 is 14.0. The molecule has 1 fully saturated rings. The summed E-state index contributed by atoms with van der Waals surface area (Å²) in [5.74, 6) is -3.46. The third kappa shape index (κ3) is 6.21. The molecule has 5 rings (SSSR count). The quantitative estimate of drug-likeness (QED) is 0.0660. The Labute approximate surface area is 285 Å². The van der Waals surface area contributed by atoms with Crippen LogP contribution in [-0.2, 0) is 30.3 Å². The van der Waals surface area contributed by atoms with Gasteiger partial charge < -0.3 is 0 Å². The molecule has 2 N–H and O–H groups in total. The first-order valence-corrected chi connectivity index (χ1v) is 18.1. The second-order valence-corrected chi connectivity index (χ2v) is 16.2. The Morgan fingerprint density at radius 1 is 0.878 bits per heavy atom. The van der Waals surface area contributed by atoms with Gasteiger partial charge in [-0.3, -0.25) is 0 Å². The van der Waals surface area contributed by atoms with E-state index in [4.69, 9.17) is 9.26 Å². The molecule has 0 bridgehead atoms. The van der Waals surface area contributed by atoms with Gasteiger partial charge in [0.25, 0.3) is 0 Å². The Kier molecular flexibility index (Phi) is 10.6. The normalized spacial score (nSPS) is 17.8. The van der Waals surface area contributed by atoms with E-state index in [-0.39, 0.29) is 25.2 Å². The Bertz CT molecular complexity index is 1730. The van der Waals surface area contributed by atoms with E-state index >= 15 is 0 Å². The number of β-lactam (4-membered cyclic amide) rings is 1. The van der Waals surface area contributed by atoms with Crippen molar-refractivity contribution in [3.8, 4) is 0 Å². The van der Waals surface area contributed by atoms with Gasteiger partial charge in [0.2, 0.25) is 0 Å². The number of hydrogen-bond donors (Lipinski definition) is 2. The summed E-state index contributed by atoms with van der Waals surface area (Å²) in [6.07, 6.45) is -1.38. The van der Waals surface area contributed by atoms with Crippen molar-refractivity contribution in [1.29, 1.82) is 0 Å². The number of amides is 1. The number of esters is 1. The Hall–Kier alpha value is -4.95. The summed E-state index contributed by atoms with van der Waals surface area (Å²) in [7, 11) is 0. The third-order valence-electron chi connectivity index (χ3n) is 8.92. The number of benzene rings is 4. The van der Waals surface area contributed by atoms with Gasteiger partial charge in [-0.25, -0.2) is 0 Å². The fourth-order valence-corrected chi connectivity index (χ4v) is 12.8. The summed E-state index contributed by atoms with van der Waals surface area (Å²) in [4.78, 5) is 55.7. The molecule has 0 spiro atoms. The first-order valence-electron chi connectivity index (χ1n) is 16.0. The molecule has 4 atom stereocenters. The first kappa shape index (κ1) is 35.4. The van der Waals surface area contributed by atoms with Gasteiger partial charge in [0.1, 0.15) is 0 Å². The van der Waals surface area contributed by atoms with E-state index in [1.54, 1.807) is 115 Å². The molecule has 1 amide bonds. The number of ketones is 1. The average molecular weight is 682 g/mol. The summed E-state index contributed by atoms with van der Waals surface area (Å²) in [5, 5.41) is 22.2. The van der Waals surface area contributed by atoms with E-state index in [9.17, 15) is 29.4 Å². The number of carbonyl (C=O) groups excluding carboxylic acids is 4. The van der Waals surface area contributed by atoms with Gasteiger partial charge in [-0.1, -0.05) is 0 Å². The molecule has 0 aliphatic carbocycles. The van der Waals surface area contributed by atoms with Crippen LogP contribution in [-0.4, -0.2) is 56.8 Å². The van der Waals surface area contributed by atoms with Gasteiger partial charge in [0.15, 0.2) is 0 Å². The Morgan fingerprint density at radius 3 is 1.86 bits per heavy atom. The maximum atomic E-state index is 14.8. The second kappa shape index (κ2) is 14.7. The van der Waals surface area contributed by atoms with Crippen LogP contribution in [0.1, 0.15) is 42.6 Å². The van der Waals surface area contributed by atoms with Crippen LogP contribution in [0.4, 0.5) is 0 Å². The standard InChI is InChI=1S/C39H40NO8P/c1-4-15-36(47-28(3)43)39(46)48-49(31-18-8-5-9-19-31,32-20-10-6-11-21-32,33-22-12-7-13-23-33)40-34(37(27(2)42)38(40)45)25-35(44)30-17-14-16-29(24-30)26-41/h4-14,16-24,27,34,36-37,41-42H,1,15,25-26H2,2-3H3/t27-,34-,36?,37-/m1/s1. The molecule has 9 nitrogen and oxygen atoms in total. The van der Waals surface area contributed by atoms with Gasteiger partial charge in [0, 0.05) is 0 Å². The fraction of sp³-hybridized carbons (Fsp3) is 0.231.